The molecule has 0 amide bonds. The molecule has 0 heterocycles. The molecule has 0 aromatic heterocycles. The van der Waals surface area contributed by atoms with Crippen LogP contribution in [-0.2, 0) is 0 Å². The molecule has 0 saturated heterocycles. The van der Waals surface area contributed by atoms with Crippen LogP contribution in [0.3, 0.4) is 0 Å². The average Bonchev–Trinajstić information content (AvgIpc) is 2.17. The number of nitrogens with zero attached hydrogens (tertiary/aromatic N) is 2. The van der Waals surface area contributed by atoms with E-state index in [4.69, 9.17) is 0 Å². The first-order valence-electron chi connectivity index (χ1n) is 7.12. The van der Waals surface area contributed by atoms with Crippen molar-refractivity contribution in [1.29, 1.82) is 0 Å². The van der Waals surface area contributed by atoms with Crippen LogP contribution < -0.4 is 0 Å². The summed E-state index contributed by atoms with van der Waals surface area (Å²) >= 11 is 0. The third-order valence-corrected chi connectivity index (χ3v) is 2.88. The van der Waals surface area contributed by atoms with Gasteiger partial charge in [-0.05, 0) is 23.7 Å². The van der Waals surface area contributed by atoms with Gasteiger partial charge in [0.05, 0.1) is 0 Å². The fourth-order valence-electron chi connectivity index (χ4n) is 2.37. The number of rotatable bonds is 4. The highest BCUT2D eigenvalue weighted by Gasteiger charge is 2.07. The van der Waals surface area contributed by atoms with E-state index in [0.717, 1.165) is 0 Å². The van der Waals surface area contributed by atoms with E-state index in [9.17, 15) is 0 Å². The normalized spacial score (nSPS) is 9.50. The molecular weight excluding hydrogens is 244 g/mol. The first-order chi connectivity index (χ1) is 8.18. The lowest BCUT2D eigenvalue weighted by Crippen LogP contribution is -2.14. The molecule has 0 fully saturated rings. The van der Waals surface area contributed by atoms with Crippen molar-refractivity contribution in [2.75, 3.05) is 14.1 Å². The molecule has 0 rings (SSSR count). The van der Waals surface area contributed by atoms with E-state index >= 15 is 0 Å². The van der Waals surface area contributed by atoms with Crippen LogP contribution in [-0.4, -0.2) is 25.5 Å². The number of hydrogen-bond donors (Lipinski definition) is 0. The summed E-state index contributed by atoms with van der Waals surface area (Å²) in [5, 5.41) is 0. The lowest BCUT2D eigenvalue weighted by molar-refractivity contribution is 0.762. The van der Waals surface area contributed by atoms with E-state index in [0.29, 0.717) is 23.7 Å². The maximum atomic E-state index is 4.20. The quantitative estimate of drug-likeness (QED) is 0.565. The van der Waals surface area contributed by atoms with Crippen LogP contribution in [0, 0.1) is 23.7 Å². The van der Waals surface area contributed by atoms with Gasteiger partial charge in [-0.1, -0.05) is 70.2 Å². The Morgan fingerprint density at radius 3 is 0.650 bits per heavy atom. The van der Waals surface area contributed by atoms with Gasteiger partial charge in [0.2, 0.25) is 0 Å². The zero-order valence-corrected chi connectivity index (χ0v) is 14.2. The van der Waals surface area contributed by atoms with Gasteiger partial charge in [0, 0.05) is 25.5 Å². The minimum atomic E-state index is 0. The lowest BCUT2D eigenvalue weighted by atomic mass is 9.98. The topological polar surface area (TPSA) is 24.7 Å². The molecule has 2 heteroatoms. The van der Waals surface area contributed by atoms with Crippen molar-refractivity contribution in [3.63, 3.8) is 0 Å². The SMILES string of the molecule is C.C.CN=C(C(C)C)C(C)C.CN=C(C(C)C)C(C)C. The van der Waals surface area contributed by atoms with Crippen LogP contribution >= 0.6 is 0 Å². The van der Waals surface area contributed by atoms with Crippen molar-refractivity contribution in [3.05, 3.63) is 0 Å². The Morgan fingerprint density at radius 2 is 0.650 bits per heavy atom. The highest BCUT2D eigenvalue weighted by molar-refractivity contribution is 5.88. The largest absolute Gasteiger partial charge is 0.297 e. The van der Waals surface area contributed by atoms with Crippen LogP contribution in [0.15, 0.2) is 9.98 Å². The smallest absolute Gasteiger partial charge is 0.0276 e. The second-order valence-electron chi connectivity index (χ2n) is 5.92. The van der Waals surface area contributed by atoms with Crippen molar-refractivity contribution in [2.24, 2.45) is 33.7 Å². The van der Waals surface area contributed by atoms with E-state index in [-0.39, 0.29) is 14.9 Å². The second-order valence-corrected chi connectivity index (χ2v) is 5.92. The van der Waals surface area contributed by atoms with Crippen molar-refractivity contribution in [2.45, 2.75) is 70.2 Å². The van der Waals surface area contributed by atoms with E-state index in [1.165, 1.54) is 11.4 Å². The Hall–Kier alpha value is -0.660. The standard InChI is InChI=1S/2C8H17N.2CH4/c2*1-6(2)8(9-5)7(3)4;;/h2*6-7H,1-5H3;2*1H4. The summed E-state index contributed by atoms with van der Waals surface area (Å²) < 4.78 is 0. The van der Waals surface area contributed by atoms with Crippen LogP contribution in [0.4, 0.5) is 0 Å². The van der Waals surface area contributed by atoms with Gasteiger partial charge in [-0.25, -0.2) is 0 Å². The summed E-state index contributed by atoms with van der Waals surface area (Å²) in [6, 6.07) is 0. The van der Waals surface area contributed by atoms with E-state index < -0.39 is 0 Å². The summed E-state index contributed by atoms with van der Waals surface area (Å²) in [5.41, 5.74) is 2.63. The van der Waals surface area contributed by atoms with Crippen LogP contribution in [0.1, 0.15) is 70.2 Å². The minimum absolute atomic E-state index is 0. The predicted molar refractivity (Wildman–Crippen MR) is 99.5 cm³/mol. The van der Waals surface area contributed by atoms with E-state index in [1.807, 2.05) is 14.1 Å². The zero-order valence-electron chi connectivity index (χ0n) is 14.2. The van der Waals surface area contributed by atoms with Crippen LogP contribution in [0.5, 0.6) is 0 Å². The summed E-state index contributed by atoms with van der Waals surface area (Å²) in [6.07, 6.45) is 0. The third-order valence-electron chi connectivity index (χ3n) is 2.88. The van der Waals surface area contributed by atoms with Crippen molar-refractivity contribution >= 4 is 11.4 Å². The molecule has 124 valence electrons. The van der Waals surface area contributed by atoms with Gasteiger partial charge in [-0.2, -0.15) is 0 Å². The minimum Gasteiger partial charge on any atom is -0.297 e. The molecule has 0 aliphatic heterocycles. The summed E-state index contributed by atoms with van der Waals surface area (Å²) in [6.45, 7) is 17.5. The fourth-order valence-corrected chi connectivity index (χ4v) is 2.37. The molecule has 0 aromatic rings. The molecular formula is C18H42N2. The van der Waals surface area contributed by atoms with Gasteiger partial charge >= 0.3 is 0 Å². The van der Waals surface area contributed by atoms with Crippen molar-refractivity contribution in [3.8, 4) is 0 Å². The van der Waals surface area contributed by atoms with Gasteiger partial charge in [-0.3, -0.25) is 9.98 Å². The summed E-state index contributed by atoms with van der Waals surface area (Å²) in [4.78, 5) is 8.41. The van der Waals surface area contributed by atoms with Gasteiger partial charge in [-0.15, -0.1) is 0 Å². The Morgan fingerprint density at radius 1 is 0.500 bits per heavy atom. The molecule has 0 unspecified atom stereocenters. The van der Waals surface area contributed by atoms with Gasteiger partial charge in [0.15, 0.2) is 0 Å². The van der Waals surface area contributed by atoms with Crippen molar-refractivity contribution < 1.29 is 0 Å². The molecule has 0 aromatic carbocycles. The maximum Gasteiger partial charge on any atom is 0.0276 e. The lowest BCUT2D eigenvalue weighted by Gasteiger charge is -2.11. The molecule has 0 radical (unpaired) electrons. The Bertz CT molecular complexity index is 211. The zero-order chi connectivity index (χ0) is 14.9. The molecule has 2 nitrogen and oxygen atoms in total. The Labute approximate surface area is 130 Å². The third kappa shape index (κ3) is 12.4. The van der Waals surface area contributed by atoms with Gasteiger partial charge < -0.3 is 0 Å². The van der Waals surface area contributed by atoms with Crippen LogP contribution in [0.25, 0.3) is 0 Å². The van der Waals surface area contributed by atoms with E-state index in [1.54, 1.807) is 0 Å². The molecule has 20 heavy (non-hydrogen) atoms. The molecule has 0 spiro atoms. The Kier molecular flexibility index (Phi) is 20.4. The highest BCUT2D eigenvalue weighted by atomic mass is 14.7. The second kappa shape index (κ2) is 14.7. The first-order valence-corrected chi connectivity index (χ1v) is 7.12. The van der Waals surface area contributed by atoms with E-state index in [2.05, 4.69) is 65.4 Å². The number of aliphatic imine (C=N–C) groups is 2. The maximum absolute atomic E-state index is 4.20. The Balaban J connectivity index is -0.000000116. The number of hydrogen-bond acceptors (Lipinski definition) is 2. The van der Waals surface area contributed by atoms with Crippen molar-refractivity contribution in [1.82, 2.24) is 0 Å². The molecule has 0 atom stereocenters. The average molecular weight is 287 g/mol. The summed E-state index contributed by atoms with van der Waals surface area (Å²) in [5.74, 6) is 2.43. The predicted octanol–water partition coefficient (Wildman–Crippen LogP) is 6.01. The van der Waals surface area contributed by atoms with Gasteiger partial charge in [0.1, 0.15) is 0 Å². The molecule has 0 aliphatic rings. The molecule has 0 N–H and O–H groups in total. The molecule has 0 saturated carbocycles. The highest BCUT2D eigenvalue weighted by Crippen LogP contribution is 2.07. The van der Waals surface area contributed by atoms with Crippen LogP contribution in [0.2, 0.25) is 0 Å². The molecule has 0 aliphatic carbocycles. The fraction of sp³-hybridized carbons (Fsp3) is 0.889. The molecule has 0 bridgehead atoms. The first kappa shape index (κ1) is 27.6. The monoisotopic (exact) mass is 286 g/mol. The van der Waals surface area contributed by atoms with Gasteiger partial charge in [0.25, 0.3) is 0 Å². The summed E-state index contributed by atoms with van der Waals surface area (Å²) in [7, 11) is 3.74.